The Morgan fingerprint density at radius 3 is 2.71 bits per heavy atom. The van der Waals surface area contributed by atoms with Crippen molar-refractivity contribution in [2.24, 2.45) is 0 Å². The molecule has 0 aliphatic heterocycles. The highest BCUT2D eigenvalue weighted by molar-refractivity contribution is 7.22. The van der Waals surface area contributed by atoms with E-state index in [0.29, 0.717) is 16.1 Å². The predicted octanol–water partition coefficient (Wildman–Crippen LogP) is 6.11. The van der Waals surface area contributed by atoms with Crippen LogP contribution in [-0.4, -0.2) is 15.9 Å². The van der Waals surface area contributed by atoms with E-state index in [2.05, 4.69) is 4.98 Å². The Hall–Kier alpha value is -4.36. The molecule has 0 saturated heterocycles. The molecule has 6 rings (SSSR count). The Kier molecular flexibility index (Phi) is 5.12. The van der Waals surface area contributed by atoms with Gasteiger partial charge in [-0.3, -0.25) is 14.7 Å². The maximum absolute atomic E-state index is 13.9. The number of aryl methyl sites for hydroxylation is 1. The fourth-order valence-electron chi connectivity index (χ4n) is 4.26. The van der Waals surface area contributed by atoms with Crippen molar-refractivity contribution >= 4 is 54.3 Å². The SMILES string of the molecule is Cc1cccc2sc(N(Cc3cccnc3)C(=O)c3cc4c(ccc5ccccc54)oc3=O)nc12. The van der Waals surface area contributed by atoms with E-state index in [9.17, 15) is 9.59 Å². The van der Waals surface area contributed by atoms with Crippen molar-refractivity contribution in [3.05, 3.63) is 112 Å². The van der Waals surface area contributed by atoms with Crippen LogP contribution in [0.5, 0.6) is 0 Å². The topological polar surface area (TPSA) is 76.3 Å². The molecule has 0 radical (unpaired) electrons. The predicted molar refractivity (Wildman–Crippen MR) is 139 cm³/mol. The lowest BCUT2D eigenvalue weighted by Gasteiger charge is -2.19. The molecular weight excluding hydrogens is 458 g/mol. The van der Waals surface area contributed by atoms with Gasteiger partial charge in [-0.15, -0.1) is 0 Å². The second kappa shape index (κ2) is 8.45. The van der Waals surface area contributed by atoms with Crippen molar-refractivity contribution in [3.8, 4) is 0 Å². The van der Waals surface area contributed by atoms with Crippen LogP contribution < -0.4 is 10.5 Å². The number of hydrogen-bond acceptors (Lipinski definition) is 6. The van der Waals surface area contributed by atoms with Crippen LogP contribution in [-0.2, 0) is 6.54 Å². The van der Waals surface area contributed by atoms with E-state index in [1.165, 1.54) is 16.2 Å². The molecule has 170 valence electrons. The summed E-state index contributed by atoms with van der Waals surface area (Å²) in [6.45, 7) is 2.21. The number of amides is 1. The zero-order chi connectivity index (χ0) is 23.9. The van der Waals surface area contributed by atoms with E-state index < -0.39 is 11.5 Å². The summed E-state index contributed by atoms with van der Waals surface area (Å²) in [6.07, 6.45) is 3.38. The number of thiazole rings is 1. The molecule has 6 aromatic rings. The second-order valence-electron chi connectivity index (χ2n) is 8.32. The lowest BCUT2D eigenvalue weighted by Crippen LogP contribution is -2.33. The molecule has 0 fully saturated rings. The van der Waals surface area contributed by atoms with Gasteiger partial charge in [0.1, 0.15) is 11.1 Å². The minimum atomic E-state index is -0.675. The number of aromatic nitrogens is 2. The third-order valence-electron chi connectivity index (χ3n) is 6.02. The van der Waals surface area contributed by atoms with Crippen LogP contribution in [0, 0.1) is 6.92 Å². The van der Waals surface area contributed by atoms with Gasteiger partial charge in [0, 0.05) is 17.8 Å². The molecule has 1 amide bonds. The lowest BCUT2D eigenvalue weighted by atomic mass is 10.0. The fraction of sp³-hybridized carbons (Fsp3) is 0.0714. The molecule has 0 aliphatic carbocycles. The summed E-state index contributed by atoms with van der Waals surface area (Å²) in [4.78, 5) is 37.4. The van der Waals surface area contributed by atoms with Gasteiger partial charge in [0.15, 0.2) is 5.13 Å². The maximum Gasteiger partial charge on any atom is 0.349 e. The number of rotatable bonds is 4. The molecule has 7 heteroatoms. The zero-order valence-electron chi connectivity index (χ0n) is 18.8. The first-order valence-electron chi connectivity index (χ1n) is 11.1. The number of nitrogens with zero attached hydrogens (tertiary/aromatic N) is 3. The first kappa shape index (κ1) is 21.2. The van der Waals surface area contributed by atoms with Gasteiger partial charge in [0.05, 0.1) is 16.8 Å². The molecule has 0 atom stereocenters. The molecule has 3 aromatic heterocycles. The Balaban J connectivity index is 1.52. The van der Waals surface area contributed by atoms with Crippen molar-refractivity contribution in [1.82, 2.24) is 9.97 Å². The van der Waals surface area contributed by atoms with Crippen LogP contribution in [0.3, 0.4) is 0 Å². The summed E-state index contributed by atoms with van der Waals surface area (Å²) in [6, 6.07) is 22.8. The summed E-state index contributed by atoms with van der Waals surface area (Å²) < 4.78 is 6.58. The third-order valence-corrected chi connectivity index (χ3v) is 7.06. The standard InChI is InChI=1S/C28H19N3O3S/c1-17-6-4-10-24-25(17)30-28(35-24)31(16-18-7-5-13-29-15-18)26(32)22-14-21-20-9-3-2-8-19(20)11-12-23(21)34-27(22)33/h2-15H,16H2,1H3. The quantitative estimate of drug-likeness (QED) is 0.226. The number of pyridine rings is 1. The minimum absolute atomic E-state index is 0.0336. The lowest BCUT2D eigenvalue weighted by molar-refractivity contribution is 0.0981. The fourth-order valence-corrected chi connectivity index (χ4v) is 5.30. The van der Waals surface area contributed by atoms with E-state index in [1.807, 2.05) is 67.6 Å². The van der Waals surface area contributed by atoms with Gasteiger partial charge >= 0.3 is 5.63 Å². The summed E-state index contributed by atoms with van der Waals surface area (Å²) in [5.41, 5.74) is 2.43. The van der Waals surface area contributed by atoms with Crippen LogP contribution in [0.4, 0.5) is 5.13 Å². The Morgan fingerprint density at radius 2 is 1.89 bits per heavy atom. The first-order valence-corrected chi connectivity index (χ1v) is 11.9. The number of carbonyl (C=O) groups excluding carboxylic acids is 1. The summed E-state index contributed by atoms with van der Waals surface area (Å²) in [7, 11) is 0. The smallest absolute Gasteiger partial charge is 0.349 e. The number of carbonyl (C=O) groups is 1. The molecule has 0 unspecified atom stereocenters. The Bertz CT molecular complexity index is 1790. The highest BCUT2D eigenvalue weighted by Gasteiger charge is 2.26. The van der Waals surface area contributed by atoms with Crippen LogP contribution >= 0.6 is 11.3 Å². The monoisotopic (exact) mass is 477 g/mol. The highest BCUT2D eigenvalue weighted by Crippen LogP contribution is 2.33. The summed E-state index contributed by atoms with van der Waals surface area (Å²) in [5.74, 6) is -0.464. The molecule has 0 spiro atoms. The molecule has 0 aliphatic rings. The summed E-state index contributed by atoms with van der Waals surface area (Å²) in [5, 5.41) is 3.14. The van der Waals surface area contributed by atoms with E-state index in [1.54, 1.807) is 24.5 Å². The van der Waals surface area contributed by atoms with Gasteiger partial charge < -0.3 is 4.42 Å². The van der Waals surface area contributed by atoms with Crippen molar-refractivity contribution in [2.45, 2.75) is 13.5 Å². The van der Waals surface area contributed by atoms with Crippen molar-refractivity contribution in [2.75, 3.05) is 4.90 Å². The van der Waals surface area contributed by atoms with Crippen LogP contribution in [0.25, 0.3) is 32.0 Å². The van der Waals surface area contributed by atoms with E-state index in [4.69, 9.17) is 9.40 Å². The Morgan fingerprint density at radius 1 is 1.00 bits per heavy atom. The molecule has 0 bridgehead atoms. The van der Waals surface area contributed by atoms with Crippen molar-refractivity contribution in [3.63, 3.8) is 0 Å². The van der Waals surface area contributed by atoms with Crippen molar-refractivity contribution in [1.29, 1.82) is 0 Å². The van der Waals surface area contributed by atoms with Gasteiger partial charge in [-0.2, -0.15) is 0 Å². The van der Waals surface area contributed by atoms with Gasteiger partial charge in [-0.05, 0) is 53.1 Å². The average Bonchev–Trinajstić information content (AvgIpc) is 3.32. The van der Waals surface area contributed by atoms with Crippen LogP contribution in [0.1, 0.15) is 21.5 Å². The van der Waals surface area contributed by atoms with Gasteiger partial charge in [-0.25, -0.2) is 9.78 Å². The molecule has 3 heterocycles. The maximum atomic E-state index is 13.9. The highest BCUT2D eigenvalue weighted by atomic mass is 32.1. The number of fused-ring (bicyclic) bond motifs is 4. The zero-order valence-corrected chi connectivity index (χ0v) is 19.6. The summed E-state index contributed by atoms with van der Waals surface area (Å²) >= 11 is 1.41. The van der Waals surface area contributed by atoms with Crippen molar-refractivity contribution < 1.29 is 9.21 Å². The van der Waals surface area contributed by atoms with Gasteiger partial charge in [0.25, 0.3) is 5.91 Å². The van der Waals surface area contributed by atoms with Gasteiger partial charge in [0.2, 0.25) is 0 Å². The Labute approximate surface area is 204 Å². The second-order valence-corrected chi connectivity index (χ2v) is 9.33. The normalized spacial score (nSPS) is 11.3. The molecular formula is C28H19N3O3S. The molecule has 35 heavy (non-hydrogen) atoms. The van der Waals surface area contributed by atoms with E-state index >= 15 is 0 Å². The van der Waals surface area contributed by atoms with Gasteiger partial charge in [-0.1, -0.05) is 59.9 Å². The molecule has 6 nitrogen and oxygen atoms in total. The van der Waals surface area contributed by atoms with E-state index in [0.717, 1.165) is 32.1 Å². The average molecular weight is 478 g/mol. The minimum Gasteiger partial charge on any atom is -0.422 e. The third kappa shape index (κ3) is 3.76. The number of para-hydroxylation sites is 1. The van der Waals surface area contributed by atoms with Crippen LogP contribution in [0.15, 0.2) is 94.4 Å². The molecule has 0 saturated carbocycles. The molecule has 3 aromatic carbocycles. The number of anilines is 1. The van der Waals surface area contributed by atoms with Crippen LogP contribution in [0.2, 0.25) is 0 Å². The first-order chi connectivity index (χ1) is 17.1. The molecule has 0 N–H and O–H groups in total. The van der Waals surface area contributed by atoms with E-state index in [-0.39, 0.29) is 12.1 Å². The number of hydrogen-bond donors (Lipinski definition) is 0. The number of benzene rings is 3. The largest absolute Gasteiger partial charge is 0.422 e.